The normalized spacial score (nSPS) is 11.2. The zero-order chi connectivity index (χ0) is 30.0. The van der Waals surface area contributed by atoms with Crippen molar-refractivity contribution < 1.29 is 32.3 Å². The first-order chi connectivity index (χ1) is 20.1. The van der Waals surface area contributed by atoms with Crippen LogP contribution in [0, 0.1) is 0 Å². The summed E-state index contributed by atoms with van der Waals surface area (Å²) in [4.78, 5) is 55.4. The number of carbonyl (C=O) groups is 3. The Morgan fingerprint density at radius 3 is 1.86 bits per heavy atom. The van der Waals surface area contributed by atoms with Crippen molar-refractivity contribution in [2.24, 2.45) is 7.05 Å². The number of aryl methyl sites for hydroxylation is 1. The first kappa shape index (κ1) is 28.0. The minimum absolute atomic E-state index is 0.0335. The minimum Gasteiger partial charge on any atom is -0.421 e. The molecule has 7 nitrogen and oxygen atoms in total. The maximum absolute atomic E-state index is 14.3. The van der Waals surface area contributed by atoms with Gasteiger partial charge in [-0.1, -0.05) is 48.5 Å². The number of anilines is 1. The van der Waals surface area contributed by atoms with Gasteiger partial charge in [-0.3, -0.25) is 14.4 Å². The zero-order valence-electron chi connectivity index (χ0n) is 22.0. The van der Waals surface area contributed by atoms with Gasteiger partial charge < -0.3 is 9.30 Å². The van der Waals surface area contributed by atoms with E-state index in [0.29, 0.717) is 10.4 Å². The summed E-state index contributed by atoms with van der Waals surface area (Å²) in [5.41, 5.74) is -2.24. The summed E-state index contributed by atoms with van der Waals surface area (Å²) in [5.74, 6) is -3.34. The number of ether oxygens (including phenoxy) is 1. The predicted molar refractivity (Wildman–Crippen MR) is 150 cm³/mol. The lowest BCUT2D eigenvalue weighted by molar-refractivity contribution is -0.137. The maximum Gasteiger partial charge on any atom is 0.416 e. The van der Waals surface area contributed by atoms with E-state index in [4.69, 9.17) is 4.74 Å². The fraction of sp³-hybridized carbons (Fsp3) is 0.0625. The molecule has 2 amide bonds. The third-order valence-corrected chi connectivity index (χ3v) is 6.55. The number of alkyl halides is 3. The van der Waals surface area contributed by atoms with Crippen molar-refractivity contribution in [3.05, 3.63) is 142 Å². The number of halogens is 3. The van der Waals surface area contributed by atoms with Gasteiger partial charge in [0.25, 0.3) is 17.4 Å². The molecule has 0 unspecified atom stereocenters. The van der Waals surface area contributed by atoms with E-state index in [-0.39, 0.29) is 28.0 Å². The molecule has 0 saturated heterocycles. The van der Waals surface area contributed by atoms with Crippen LogP contribution >= 0.6 is 0 Å². The molecule has 0 aliphatic carbocycles. The molecule has 0 fully saturated rings. The van der Waals surface area contributed by atoms with E-state index >= 15 is 0 Å². The number of para-hydroxylation sites is 1. The number of hydrogen-bond donors (Lipinski definition) is 0. The van der Waals surface area contributed by atoms with E-state index in [1.807, 2.05) is 0 Å². The van der Waals surface area contributed by atoms with Gasteiger partial charge in [-0.2, -0.15) is 13.2 Å². The Kier molecular flexibility index (Phi) is 7.45. The van der Waals surface area contributed by atoms with Crippen LogP contribution in [0.15, 0.2) is 114 Å². The van der Waals surface area contributed by atoms with Crippen LogP contribution < -0.4 is 15.2 Å². The van der Waals surface area contributed by atoms with Crippen LogP contribution in [0.25, 0.3) is 10.9 Å². The van der Waals surface area contributed by atoms with E-state index in [2.05, 4.69) is 0 Å². The van der Waals surface area contributed by atoms with Gasteiger partial charge in [0.15, 0.2) is 5.75 Å². The molecule has 5 rings (SSSR count). The third kappa shape index (κ3) is 5.29. The SMILES string of the molecule is Cn1c(=O)c(C(=O)N(C(=O)c2ccccc2)c2ccc(C(F)(F)F)cc2)c(OC(=O)c2ccccc2)c2ccccc21. The number of aromatic nitrogens is 1. The lowest BCUT2D eigenvalue weighted by Gasteiger charge is -2.23. The zero-order valence-corrected chi connectivity index (χ0v) is 22.0. The highest BCUT2D eigenvalue weighted by Gasteiger charge is 2.35. The molecule has 0 aliphatic rings. The van der Waals surface area contributed by atoms with E-state index < -0.39 is 40.6 Å². The molecular weight excluding hydrogens is 549 g/mol. The van der Waals surface area contributed by atoms with E-state index in [9.17, 15) is 32.3 Å². The first-order valence-electron chi connectivity index (χ1n) is 12.6. The van der Waals surface area contributed by atoms with Gasteiger partial charge in [-0.25, -0.2) is 9.69 Å². The van der Waals surface area contributed by atoms with Crippen molar-refractivity contribution in [2.45, 2.75) is 6.18 Å². The number of benzene rings is 4. The Morgan fingerprint density at radius 1 is 0.714 bits per heavy atom. The summed E-state index contributed by atoms with van der Waals surface area (Å²) in [5, 5.41) is 0.228. The summed E-state index contributed by atoms with van der Waals surface area (Å²) in [6, 6.07) is 25.2. The van der Waals surface area contributed by atoms with Crippen LogP contribution in [0.5, 0.6) is 5.75 Å². The summed E-state index contributed by atoms with van der Waals surface area (Å²) in [7, 11) is 1.41. The highest BCUT2D eigenvalue weighted by atomic mass is 19.4. The fourth-order valence-corrected chi connectivity index (χ4v) is 4.44. The van der Waals surface area contributed by atoms with E-state index in [1.165, 1.54) is 35.9 Å². The van der Waals surface area contributed by atoms with Crippen molar-refractivity contribution in [2.75, 3.05) is 4.90 Å². The molecule has 0 radical (unpaired) electrons. The van der Waals surface area contributed by atoms with Crippen LogP contribution in [0.2, 0.25) is 0 Å². The molecule has 0 atom stereocenters. The second-order valence-corrected chi connectivity index (χ2v) is 9.20. The van der Waals surface area contributed by atoms with Crippen molar-refractivity contribution in [1.29, 1.82) is 0 Å². The molecule has 0 spiro atoms. The number of carbonyl (C=O) groups excluding carboxylic acids is 3. The number of fused-ring (bicyclic) bond motifs is 1. The molecule has 0 N–H and O–H groups in total. The fourth-order valence-electron chi connectivity index (χ4n) is 4.44. The average molecular weight is 571 g/mol. The van der Waals surface area contributed by atoms with Gasteiger partial charge in [-0.15, -0.1) is 0 Å². The summed E-state index contributed by atoms with van der Waals surface area (Å²) in [6.07, 6.45) is -4.66. The highest BCUT2D eigenvalue weighted by Crippen LogP contribution is 2.33. The topological polar surface area (TPSA) is 85.7 Å². The van der Waals surface area contributed by atoms with E-state index in [1.54, 1.807) is 60.7 Å². The van der Waals surface area contributed by atoms with Gasteiger partial charge >= 0.3 is 12.1 Å². The molecule has 42 heavy (non-hydrogen) atoms. The van der Waals surface area contributed by atoms with E-state index in [0.717, 1.165) is 24.3 Å². The van der Waals surface area contributed by atoms with Gasteiger partial charge in [0.1, 0.15) is 5.56 Å². The Balaban J connectivity index is 1.73. The quantitative estimate of drug-likeness (QED) is 0.184. The molecule has 4 aromatic carbocycles. The van der Waals surface area contributed by atoms with Gasteiger partial charge in [0.2, 0.25) is 0 Å². The molecule has 1 aromatic heterocycles. The number of nitrogens with zero attached hydrogens (tertiary/aromatic N) is 2. The van der Waals surface area contributed by atoms with Crippen molar-refractivity contribution >= 4 is 34.4 Å². The maximum atomic E-state index is 14.3. The van der Waals surface area contributed by atoms with Crippen LogP contribution in [0.3, 0.4) is 0 Å². The Bertz CT molecular complexity index is 1870. The Hall–Kier alpha value is -5.51. The summed E-state index contributed by atoms with van der Waals surface area (Å²) in [6.45, 7) is 0. The number of rotatable bonds is 5. The summed E-state index contributed by atoms with van der Waals surface area (Å²) >= 11 is 0. The molecule has 1 heterocycles. The molecule has 0 bridgehead atoms. The smallest absolute Gasteiger partial charge is 0.416 e. The van der Waals surface area contributed by atoms with Crippen molar-refractivity contribution in [3.63, 3.8) is 0 Å². The van der Waals surface area contributed by atoms with Crippen molar-refractivity contribution in [1.82, 2.24) is 4.57 Å². The molecule has 5 aromatic rings. The van der Waals surface area contributed by atoms with Crippen molar-refractivity contribution in [3.8, 4) is 5.75 Å². The first-order valence-corrected chi connectivity index (χ1v) is 12.6. The monoisotopic (exact) mass is 570 g/mol. The average Bonchev–Trinajstić information content (AvgIpc) is 3.00. The number of hydrogen-bond acceptors (Lipinski definition) is 5. The lowest BCUT2D eigenvalue weighted by atomic mass is 10.1. The second-order valence-electron chi connectivity index (χ2n) is 9.20. The van der Waals surface area contributed by atoms with Gasteiger partial charge in [0, 0.05) is 18.0 Å². The van der Waals surface area contributed by atoms with Crippen LogP contribution in [-0.4, -0.2) is 22.4 Å². The third-order valence-electron chi connectivity index (χ3n) is 6.55. The number of pyridine rings is 1. The predicted octanol–water partition coefficient (Wildman–Crippen LogP) is 6.26. The Labute approximate surface area is 237 Å². The number of imide groups is 1. The highest BCUT2D eigenvalue weighted by molar-refractivity contribution is 6.27. The van der Waals surface area contributed by atoms with Crippen LogP contribution in [-0.2, 0) is 13.2 Å². The van der Waals surface area contributed by atoms with Crippen LogP contribution in [0.4, 0.5) is 18.9 Å². The number of amides is 2. The van der Waals surface area contributed by atoms with Gasteiger partial charge in [-0.05, 0) is 60.7 Å². The molecule has 0 aliphatic heterocycles. The molecule has 10 heteroatoms. The second kappa shape index (κ2) is 11.2. The van der Waals surface area contributed by atoms with Gasteiger partial charge in [0.05, 0.1) is 22.3 Å². The number of esters is 1. The lowest BCUT2D eigenvalue weighted by Crippen LogP contribution is -2.41. The largest absolute Gasteiger partial charge is 0.421 e. The summed E-state index contributed by atoms with van der Waals surface area (Å²) < 4.78 is 46.7. The van der Waals surface area contributed by atoms with Crippen LogP contribution in [0.1, 0.15) is 36.6 Å². The Morgan fingerprint density at radius 2 is 1.26 bits per heavy atom. The molecular formula is C32H21F3N2O5. The standard InChI is InChI=1S/C32H21F3N2O5/c1-36-25-15-9-8-14-24(25)27(42-31(41)21-12-6-3-7-13-21)26(29(36)39)30(40)37(28(38)20-10-4-2-5-11-20)23-18-16-22(17-19-23)32(33,34)35/h2-19H,1H3. The molecule has 210 valence electrons. The molecule has 0 saturated carbocycles. The minimum atomic E-state index is -4.66.